The molecule has 3 atom stereocenters. The van der Waals surface area contributed by atoms with Gasteiger partial charge in [0.25, 0.3) is 0 Å². The van der Waals surface area contributed by atoms with E-state index in [0.29, 0.717) is 6.61 Å². The molecule has 3 aliphatic rings. The van der Waals surface area contributed by atoms with Crippen LogP contribution in [0, 0.1) is 24.7 Å². The lowest BCUT2D eigenvalue weighted by atomic mass is 9.85. The fourth-order valence-corrected chi connectivity index (χ4v) is 7.44. The van der Waals surface area contributed by atoms with Crippen molar-refractivity contribution in [2.45, 2.75) is 32.9 Å². The van der Waals surface area contributed by atoms with Gasteiger partial charge in [0.2, 0.25) is 0 Å². The number of piperidine rings is 1. The number of nitrogens with zero attached hydrogens (tertiary/aromatic N) is 4. The van der Waals surface area contributed by atoms with Crippen LogP contribution >= 0.6 is 11.3 Å². The highest BCUT2D eigenvalue weighted by Gasteiger charge is 2.46. The molecular formula is C32H38N4O4S. The number of morpholine rings is 1. The number of aliphatic imine (C=N–C) groups is 1. The van der Waals surface area contributed by atoms with E-state index in [9.17, 15) is 9.90 Å². The quantitative estimate of drug-likeness (QED) is 0.355. The van der Waals surface area contributed by atoms with Crippen LogP contribution < -0.4 is 9.64 Å². The number of ether oxygens (including phenoxy) is 2. The van der Waals surface area contributed by atoms with Crippen molar-refractivity contribution in [1.29, 1.82) is 0 Å². The Morgan fingerprint density at radius 3 is 2.68 bits per heavy atom. The molecule has 2 saturated heterocycles. The SMILES string of the molecule is C/N=C\c1cc(CN2CCOCC2)ccc1COc1ccc(C)cc1-c1csc(N2C[C@H]3CC[C@@H](C2)[C@H]3C(=O)O)n1. The molecule has 3 heterocycles. The summed E-state index contributed by atoms with van der Waals surface area (Å²) >= 11 is 1.63. The minimum Gasteiger partial charge on any atom is -0.488 e. The Balaban J connectivity index is 1.18. The van der Waals surface area contributed by atoms with E-state index in [1.165, 1.54) is 5.56 Å². The molecule has 2 aromatic carbocycles. The maximum Gasteiger partial charge on any atom is 0.307 e. The van der Waals surface area contributed by atoms with Crippen molar-refractivity contribution in [3.63, 3.8) is 0 Å². The largest absolute Gasteiger partial charge is 0.488 e. The maximum atomic E-state index is 11.8. The molecule has 0 spiro atoms. The van der Waals surface area contributed by atoms with Crippen molar-refractivity contribution < 1.29 is 19.4 Å². The van der Waals surface area contributed by atoms with Gasteiger partial charge in [0.15, 0.2) is 5.13 Å². The Morgan fingerprint density at radius 2 is 1.95 bits per heavy atom. The average molecular weight is 575 g/mol. The van der Waals surface area contributed by atoms with Gasteiger partial charge in [0.1, 0.15) is 12.4 Å². The van der Waals surface area contributed by atoms with E-state index in [-0.39, 0.29) is 17.8 Å². The highest BCUT2D eigenvalue weighted by Crippen LogP contribution is 2.44. The number of hydrogen-bond acceptors (Lipinski definition) is 8. The van der Waals surface area contributed by atoms with Crippen LogP contribution in [0.5, 0.6) is 5.75 Å². The summed E-state index contributed by atoms with van der Waals surface area (Å²) in [5.74, 6) is 0.362. The third-order valence-corrected chi connectivity index (χ3v) is 9.57. The van der Waals surface area contributed by atoms with Crippen LogP contribution in [-0.4, -0.2) is 73.6 Å². The molecule has 1 aromatic heterocycles. The molecule has 3 aromatic rings. The van der Waals surface area contributed by atoms with Gasteiger partial charge in [-0.25, -0.2) is 4.98 Å². The number of anilines is 1. The van der Waals surface area contributed by atoms with E-state index in [1.54, 1.807) is 18.4 Å². The maximum absolute atomic E-state index is 11.8. The summed E-state index contributed by atoms with van der Waals surface area (Å²) in [6, 6.07) is 12.8. The summed E-state index contributed by atoms with van der Waals surface area (Å²) in [5.41, 5.74) is 6.44. The third-order valence-electron chi connectivity index (χ3n) is 8.66. The molecule has 0 radical (unpaired) electrons. The van der Waals surface area contributed by atoms with Crippen molar-refractivity contribution in [1.82, 2.24) is 9.88 Å². The molecule has 0 unspecified atom stereocenters. The second-order valence-electron chi connectivity index (χ2n) is 11.5. The molecule has 9 heteroatoms. The number of hydrogen-bond donors (Lipinski definition) is 1. The number of carbonyl (C=O) groups is 1. The van der Waals surface area contributed by atoms with Crippen molar-refractivity contribution in [2.75, 3.05) is 51.3 Å². The molecule has 0 amide bonds. The number of rotatable bonds is 9. The first-order valence-corrected chi connectivity index (χ1v) is 15.4. The lowest BCUT2D eigenvalue weighted by Crippen LogP contribution is -2.44. The Morgan fingerprint density at radius 1 is 1.17 bits per heavy atom. The summed E-state index contributed by atoms with van der Waals surface area (Å²) in [7, 11) is 1.80. The summed E-state index contributed by atoms with van der Waals surface area (Å²) in [4.78, 5) is 25.8. The molecule has 2 aliphatic heterocycles. The van der Waals surface area contributed by atoms with Crippen molar-refractivity contribution >= 4 is 28.7 Å². The molecule has 2 bridgehead atoms. The number of thiazole rings is 1. The number of carboxylic acid groups (broad SMARTS) is 1. The molecule has 8 nitrogen and oxygen atoms in total. The van der Waals surface area contributed by atoms with Crippen LogP contribution in [0.3, 0.4) is 0 Å². The number of aryl methyl sites for hydroxylation is 1. The summed E-state index contributed by atoms with van der Waals surface area (Å²) in [6.07, 6.45) is 3.89. The van der Waals surface area contributed by atoms with Crippen molar-refractivity contribution in [3.05, 3.63) is 64.0 Å². The van der Waals surface area contributed by atoms with Gasteiger partial charge < -0.3 is 19.5 Å². The summed E-state index contributed by atoms with van der Waals surface area (Å²) in [5, 5.41) is 12.7. The Kier molecular flexibility index (Phi) is 8.37. The van der Waals surface area contributed by atoms with E-state index >= 15 is 0 Å². The van der Waals surface area contributed by atoms with Crippen LogP contribution in [0.1, 0.15) is 35.1 Å². The van der Waals surface area contributed by atoms with Gasteiger partial charge in [-0.05, 0) is 66.5 Å². The van der Waals surface area contributed by atoms with Crippen molar-refractivity contribution in [2.24, 2.45) is 22.7 Å². The van der Waals surface area contributed by atoms with Gasteiger partial charge in [-0.2, -0.15) is 0 Å². The smallest absolute Gasteiger partial charge is 0.307 e. The van der Waals surface area contributed by atoms with E-state index in [0.717, 1.165) is 97.6 Å². The third kappa shape index (κ3) is 6.17. The lowest BCUT2D eigenvalue weighted by Gasteiger charge is -2.35. The zero-order valence-corrected chi connectivity index (χ0v) is 24.6. The molecule has 41 heavy (non-hydrogen) atoms. The van der Waals surface area contributed by atoms with E-state index < -0.39 is 5.97 Å². The molecule has 1 saturated carbocycles. The average Bonchev–Trinajstić information content (AvgIpc) is 3.57. The normalized spacial score (nSPS) is 22.9. The number of fused-ring (bicyclic) bond motifs is 2. The standard InChI is InChI=1S/C32H38N4O4S/c1-21-3-8-29(40-19-25-5-4-22(14-26(25)15-33-2)16-35-9-11-39-12-10-35)27(13-21)28-20-41-32(34-28)36-17-23-6-7-24(18-36)30(23)31(37)38/h3-5,8,13-15,20,23-24,30H,6-7,9-12,16-19H2,1-2H3,(H,37,38)/b33-15-/t23-,24+,30+. The van der Waals surface area contributed by atoms with Gasteiger partial charge in [-0.1, -0.05) is 23.8 Å². The Bertz CT molecular complexity index is 1400. The predicted molar refractivity (Wildman–Crippen MR) is 162 cm³/mol. The van der Waals surface area contributed by atoms with Crippen LogP contribution in [-0.2, 0) is 22.7 Å². The molecular weight excluding hydrogens is 536 g/mol. The first-order chi connectivity index (χ1) is 20.0. The fourth-order valence-electron chi connectivity index (χ4n) is 6.59. The fraction of sp³-hybridized carbons (Fsp3) is 0.469. The molecule has 1 aliphatic carbocycles. The predicted octanol–water partition coefficient (Wildman–Crippen LogP) is 5.13. The van der Waals surface area contributed by atoms with Crippen LogP contribution in [0.25, 0.3) is 11.3 Å². The van der Waals surface area contributed by atoms with Gasteiger partial charge in [-0.15, -0.1) is 11.3 Å². The van der Waals surface area contributed by atoms with E-state index in [4.69, 9.17) is 14.5 Å². The summed E-state index contributed by atoms with van der Waals surface area (Å²) < 4.78 is 11.9. The van der Waals surface area contributed by atoms with E-state index in [2.05, 4.69) is 57.4 Å². The molecule has 3 fully saturated rings. The topological polar surface area (TPSA) is 87.5 Å². The zero-order valence-electron chi connectivity index (χ0n) is 23.8. The number of benzene rings is 2. The van der Waals surface area contributed by atoms with Gasteiger partial charge in [0, 0.05) is 56.9 Å². The first-order valence-electron chi connectivity index (χ1n) is 14.5. The van der Waals surface area contributed by atoms with Gasteiger partial charge in [0.05, 0.1) is 24.8 Å². The molecule has 1 N–H and O–H groups in total. The highest BCUT2D eigenvalue weighted by atomic mass is 32.1. The number of aliphatic carboxylic acids is 1. The first kappa shape index (κ1) is 27.9. The number of aromatic nitrogens is 1. The minimum atomic E-state index is -0.640. The Hall–Kier alpha value is -3.27. The summed E-state index contributed by atoms with van der Waals surface area (Å²) in [6.45, 7) is 8.44. The van der Waals surface area contributed by atoms with Gasteiger partial charge >= 0.3 is 5.97 Å². The monoisotopic (exact) mass is 574 g/mol. The van der Waals surface area contributed by atoms with Crippen molar-refractivity contribution in [3.8, 4) is 17.0 Å². The zero-order chi connectivity index (χ0) is 28.3. The highest BCUT2D eigenvalue weighted by molar-refractivity contribution is 7.14. The van der Waals surface area contributed by atoms with Crippen LogP contribution in [0.2, 0.25) is 0 Å². The van der Waals surface area contributed by atoms with Gasteiger partial charge in [-0.3, -0.25) is 14.7 Å². The second kappa shape index (κ2) is 12.3. The minimum absolute atomic E-state index is 0.206. The lowest BCUT2D eigenvalue weighted by molar-refractivity contribution is -0.144. The number of carboxylic acids is 1. The molecule has 6 rings (SSSR count). The Labute approximate surface area is 245 Å². The van der Waals surface area contributed by atoms with E-state index in [1.807, 2.05) is 12.3 Å². The van der Waals surface area contributed by atoms with Crippen LogP contribution in [0.15, 0.2) is 46.8 Å². The van der Waals surface area contributed by atoms with Crippen LogP contribution in [0.4, 0.5) is 5.13 Å². The molecule has 216 valence electrons. The second-order valence-corrected chi connectivity index (χ2v) is 12.3.